The summed E-state index contributed by atoms with van der Waals surface area (Å²) in [6.07, 6.45) is 0. The maximum atomic E-state index is 10.2. The molecule has 1 aromatic carbocycles. The fraction of sp³-hybridized carbons (Fsp3) is 0. The van der Waals surface area contributed by atoms with Gasteiger partial charge in [-0.3, -0.25) is 10.1 Å². The van der Waals surface area contributed by atoms with Crippen molar-refractivity contribution < 1.29 is 10.0 Å². The van der Waals surface area contributed by atoms with Crippen LogP contribution in [-0.2, 0) is 0 Å². The van der Waals surface area contributed by atoms with Crippen molar-refractivity contribution in [1.29, 1.82) is 0 Å². The Hall–Kier alpha value is -0.850. The summed E-state index contributed by atoms with van der Waals surface area (Å²) in [6.45, 7) is 0. The van der Waals surface area contributed by atoms with Crippen LogP contribution in [0.15, 0.2) is 18.2 Å². The van der Waals surface area contributed by atoms with Gasteiger partial charge in [-0.2, -0.15) is 0 Å². The molecule has 0 aliphatic heterocycles. The Morgan fingerprint density at radius 3 is 2.64 bits per heavy atom. The molecular weight excluding hydrogens is 261 g/mol. The molecule has 0 unspecified atom stereocenters. The minimum Gasteiger partial charge on any atom is -0.501 e. The van der Waals surface area contributed by atoms with E-state index in [1.165, 1.54) is 12.1 Å². The third kappa shape index (κ3) is 1.59. The Bertz CT molecular complexity index is 300. The standard InChI is InChI=1S/C6H4INO3/c7-4-2-1-3-5(6(4)9)8(10)11/h1-3,9H. The van der Waals surface area contributed by atoms with E-state index < -0.39 is 4.92 Å². The lowest BCUT2D eigenvalue weighted by atomic mass is 10.3. The van der Waals surface area contributed by atoms with Gasteiger partial charge in [-0.1, -0.05) is 6.07 Å². The van der Waals surface area contributed by atoms with Gasteiger partial charge in [-0.15, -0.1) is 0 Å². The minimum absolute atomic E-state index is 0.253. The Kier molecular flexibility index (Phi) is 2.28. The molecule has 0 aliphatic carbocycles. The van der Waals surface area contributed by atoms with Crippen LogP contribution in [0.3, 0.4) is 0 Å². The van der Waals surface area contributed by atoms with Crippen molar-refractivity contribution in [2.45, 2.75) is 0 Å². The molecule has 0 saturated heterocycles. The lowest BCUT2D eigenvalue weighted by Crippen LogP contribution is -1.88. The Morgan fingerprint density at radius 1 is 1.55 bits per heavy atom. The van der Waals surface area contributed by atoms with E-state index in [2.05, 4.69) is 0 Å². The summed E-state index contributed by atoms with van der Waals surface area (Å²) in [5.41, 5.74) is -0.253. The highest BCUT2D eigenvalue weighted by molar-refractivity contribution is 14.1. The van der Waals surface area contributed by atoms with Gasteiger partial charge in [0, 0.05) is 6.07 Å². The van der Waals surface area contributed by atoms with Crippen molar-refractivity contribution >= 4 is 28.3 Å². The van der Waals surface area contributed by atoms with Crippen LogP contribution in [0.4, 0.5) is 5.69 Å². The van der Waals surface area contributed by atoms with Crippen LogP contribution >= 0.6 is 22.6 Å². The maximum absolute atomic E-state index is 10.2. The number of rotatable bonds is 1. The second-order valence-corrected chi connectivity index (χ2v) is 3.03. The predicted molar refractivity (Wildman–Crippen MR) is 47.5 cm³/mol. The monoisotopic (exact) mass is 265 g/mol. The summed E-state index contributed by atoms with van der Waals surface area (Å²) < 4.78 is 0.483. The summed E-state index contributed by atoms with van der Waals surface area (Å²) >= 11 is 1.83. The van der Waals surface area contributed by atoms with Gasteiger partial charge in [0.25, 0.3) is 0 Å². The number of hydrogen-bond acceptors (Lipinski definition) is 3. The third-order valence-electron chi connectivity index (χ3n) is 1.16. The van der Waals surface area contributed by atoms with Crippen LogP contribution in [0, 0.1) is 13.7 Å². The van der Waals surface area contributed by atoms with Gasteiger partial charge in [0.15, 0.2) is 0 Å². The number of para-hydroxylation sites is 1. The first kappa shape index (κ1) is 8.25. The molecule has 0 bridgehead atoms. The number of phenols is 1. The number of phenolic OH excluding ortho intramolecular Hbond substituents is 1. The molecule has 0 amide bonds. The van der Waals surface area contributed by atoms with Crippen molar-refractivity contribution in [2.75, 3.05) is 0 Å². The molecule has 5 heteroatoms. The summed E-state index contributed by atoms with van der Waals surface area (Å²) in [6, 6.07) is 4.39. The van der Waals surface area contributed by atoms with Crippen LogP contribution in [-0.4, -0.2) is 10.0 Å². The highest BCUT2D eigenvalue weighted by Gasteiger charge is 2.13. The molecule has 58 valence electrons. The molecule has 1 N–H and O–H groups in total. The first-order valence-corrected chi connectivity index (χ1v) is 3.82. The van der Waals surface area contributed by atoms with E-state index in [0.717, 1.165) is 0 Å². The van der Waals surface area contributed by atoms with E-state index >= 15 is 0 Å². The fourth-order valence-corrected chi connectivity index (χ4v) is 1.14. The maximum Gasteiger partial charge on any atom is 0.311 e. The number of nitro benzene ring substituents is 1. The molecule has 4 nitrogen and oxygen atoms in total. The summed E-state index contributed by atoms with van der Waals surface area (Å²) in [4.78, 5) is 9.60. The van der Waals surface area contributed by atoms with Gasteiger partial charge in [-0.05, 0) is 28.7 Å². The lowest BCUT2D eigenvalue weighted by Gasteiger charge is -1.95. The molecule has 0 atom stereocenters. The topological polar surface area (TPSA) is 63.4 Å². The van der Waals surface area contributed by atoms with Crippen LogP contribution in [0.1, 0.15) is 0 Å². The van der Waals surface area contributed by atoms with Crippen LogP contribution in [0.25, 0.3) is 0 Å². The summed E-state index contributed by atoms with van der Waals surface area (Å²) in [5, 5.41) is 19.3. The second kappa shape index (κ2) is 3.04. The predicted octanol–water partition coefficient (Wildman–Crippen LogP) is 1.90. The van der Waals surface area contributed by atoms with Gasteiger partial charge in [0.2, 0.25) is 5.75 Å². The van der Waals surface area contributed by atoms with E-state index in [1.54, 1.807) is 6.07 Å². The summed E-state index contributed by atoms with van der Waals surface area (Å²) in [5.74, 6) is -0.266. The van der Waals surface area contributed by atoms with Crippen molar-refractivity contribution in [3.63, 3.8) is 0 Å². The van der Waals surface area contributed by atoms with E-state index in [4.69, 9.17) is 5.11 Å². The fourth-order valence-electron chi connectivity index (χ4n) is 0.651. The zero-order chi connectivity index (χ0) is 8.43. The molecule has 1 rings (SSSR count). The van der Waals surface area contributed by atoms with Crippen molar-refractivity contribution in [1.82, 2.24) is 0 Å². The molecule has 0 heterocycles. The van der Waals surface area contributed by atoms with Crippen LogP contribution < -0.4 is 0 Å². The molecule has 0 fully saturated rings. The quantitative estimate of drug-likeness (QED) is 0.479. The first-order valence-electron chi connectivity index (χ1n) is 2.75. The molecule has 11 heavy (non-hydrogen) atoms. The highest BCUT2D eigenvalue weighted by atomic mass is 127. The van der Waals surface area contributed by atoms with Gasteiger partial charge in [0.05, 0.1) is 8.49 Å². The number of aromatic hydroxyl groups is 1. The van der Waals surface area contributed by atoms with Crippen LogP contribution in [0.5, 0.6) is 5.75 Å². The zero-order valence-corrected chi connectivity index (χ0v) is 7.48. The molecule has 0 spiro atoms. The molecule has 0 saturated carbocycles. The smallest absolute Gasteiger partial charge is 0.311 e. The number of nitrogens with zero attached hydrogens (tertiary/aromatic N) is 1. The Labute approximate surface area is 76.1 Å². The van der Waals surface area contributed by atoms with E-state index in [-0.39, 0.29) is 11.4 Å². The number of hydrogen-bond donors (Lipinski definition) is 1. The average Bonchev–Trinajstić information content (AvgIpc) is 1.94. The largest absolute Gasteiger partial charge is 0.501 e. The van der Waals surface area contributed by atoms with Crippen molar-refractivity contribution in [2.24, 2.45) is 0 Å². The van der Waals surface area contributed by atoms with Gasteiger partial charge < -0.3 is 5.11 Å². The minimum atomic E-state index is -0.614. The average molecular weight is 265 g/mol. The molecule has 0 aromatic heterocycles. The van der Waals surface area contributed by atoms with Crippen molar-refractivity contribution in [3.05, 3.63) is 31.9 Å². The molecule has 0 radical (unpaired) electrons. The molecule has 0 aliphatic rings. The van der Waals surface area contributed by atoms with Gasteiger partial charge >= 0.3 is 5.69 Å². The van der Waals surface area contributed by atoms with E-state index in [0.29, 0.717) is 3.57 Å². The van der Waals surface area contributed by atoms with Crippen LogP contribution in [0.2, 0.25) is 0 Å². The number of nitro groups is 1. The normalized spacial score (nSPS) is 9.55. The molecule has 1 aromatic rings. The van der Waals surface area contributed by atoms with Gasteiger partial charge in [-0.25, -0.2) is 0 Å². The lowest BCUT2D eigenvalue weighted by molar-refractivity contribution is -0.386. The third-order valence-corrected chi connectivity index (χ3v) is 2.03. The molecular formula is C6H4INO3. The number of benzene rings is 1. The summed E-state index contributed by atoms with van der Waals surface area (Å²) in [7, 11) is 0. The van der Waals surface area contributed by atoms with E-state index in [1.807, 2.05) is 22.6 Å². The van der Waals surface area contributed by atoms with Gasteiger partial charge in [0.1, 0.15) is 0 Å². The van der Waals surface area contributed by atoms with E-state index in [9.17, 15) is 10.1 Å². The highest BCUT2D eigenvalue weighted by Crippen LogP contribution is 2.29. The Balaban J connectivity index is 3.27. The Morgan fingerprint density at radius 2 is 2.18 bits per heavy atom. The number of halogens is 1. The zero-order valence-electron chi connectivity index (χ0n) is 5.32. The second-order valence-electron chi connectivity index (χ2n) is 1.86. The van der Waals surface area contributed by atoms with Crippen molar-refractivity contribution in [3.8, 4) is 5.75 Å². The first-order chi connectivity index (χ1) is 5.13. The SMILES string of the molecule is O=[N+]([O-])c1cccc(I)c1O.